The molecule has 146 valence electrons. The molecule has 4 bridgehead atoms. The molecule has 0 spiro atoms. The van der Waals surface area contributed by atoms with Gasteiger partial charge in [0.25, 0.3) is 0 Å². The van der Waals surface area contributed by atoms with Crippen molar-refractivity contribution in [3.8, 4) is 0 Å². The van der Waals surface area contributed by atoms with E-state index < -0.39 is 0 Å². The summed E-state index contributed by atoms with van der Waals surface area (Å²) in [6.45, 7) is 2.83. The van der Waals surface area contributed by atoms with Crippen molar-refractivity contribution in [1.29, 1.82) is 0 Å². The molecular weight excluding hydrogens is 326 g/mol. The van der Waals surface area contributed by atoms with E-state index in [0.29, 0.717) is 31.5 Å². The van der Waals surface area contributed by atoms with Crippen molar-refractivity contribution in [3.05, 3.63) is 0 Å². The molecule has 0 N–H and O–H groups in total. The van der Waals surface area contributed by atoms with Gasteiger partial charge in [0, 0.05) is 12.6 Å². The van der Waals surface area contributed by atoms with E-state index >= 15 is 0 Å². The second-order valence-corrected chi connectivity index (χ2v) is 9.54. The number of esters is 1. The largest absolute Gasteiger partial charge is 0.466 e. The van der Waals surface area contributed by atoms with E-state index in [1.54, 1.807) is 0 Å². The fourth-order valence-corrected chi connectivity index (χ4v) is 6.96. The lowest BCUT2D eigenvalue weighted by molar-refractivity contribution is -0.161. The van der Waals surface area contributed by atoms with E-state index in [1.807, 2.05) is 6.92 Å². The van der Waals surface area contributed by atoms with Gasteiger partial charge in [0.2, 0.25) is 5.91 Å². The fourth-order valence-electron chi connectivity index (χ4n) is 6.96. The van der Waals surface area contributed by atoms with Gasteiger partial charge < -0.3 is 9.64 Å². The number of carbonyl (C=O) groups is 2. The molecule has 5 aliphatic carbocycles. The molecule has 0 heterocycles. The van der Waals surface area contributed by atoms with Crippen LogP contribution < -0.4 is 0 Å². The van der Waals surface area contributed by atoms with Crippen molar-refractivity contribution in [3.63, 3.8) is 0 Å². The lowest BCUT2D eigenvalue weighted by Crippen LogP contribution is -2.57. The minimum Gasteiger partial charge on any atom is -0.466 e. The Labute approximate surface area is 158 Å². The quantitative estimate of drug-likeness (QED) is 0.662. The zero-order valence-electron chi connectivity index (χ0n) is 16.4. The molecule has 4 heteroatoms. The van der Waals surface area contributed by atoms with E-state index in [9.17, 15) is 9.59 Å². The lowest BCUT2D eigenvalue weighted by atomic mass is 9.49. The van der Waals surface area contributed by atoms with Crippen molar-refractivity contribution in [2.45, 2.75) is 90.0 Å². The molecule has 0 aromatic carbocycles. The number of hydrogen-bond acceptors (Lipinski definition) is 3. The van der Waals surface area contributed by atoms with E-state index in [0.717, 1.165) is 49.9 Å². The van der Waals surface area contributed by atoms with E-state index in [-0.39, 0.29) is 11.4 Å². The molecule has 0 aromatic rings. The average molecular weight is 362 g/mol. The first-order chi connectivity index (χ1) is 12.6. The molecule has 0 atom stereocenters. The number of hydrogen-bond donors (Lipinski definition) is 0. The summed E-state index contributed by atoms with van der Waals surface area (Å²) in [7, 11) is 0. The Bertz CT molecular complexity index is 502. The van der Waals surface area contributed by atoms with Crippen molar-refractivity contribution in [2.24, 2.45) is 23.2 Å². The molecular formula is C22H35NO3. The van der Waals surface area contributed by atoms with Crippen LogP contribution in [-0.2, 0) is 14.3 Å². The Balaban J connectivity index is 1.50. The summed E-state index contributed by atoms with van der Waals surface area (Å²) in [6.07, 6.45) is 13.7. The Kier molecular flexibility index (Phi) is 5.29. The van der Waals surface area contributed by atoms with Crippen LogP contribution in [0.4, 0.5) is 0 Å². The van der Waals surface area contributed by atoms with Crippen molar-refractivity contribution in [1.82, 2.24) is 4.90 Å². The third-order valence-corrected chi connectivity index (χ3v) is 7.63. The minimum atomic E-state index is -0.161. The molecule has 5 saturated carbocycles. The normalized spacial score (nSPS) is 36.1. The van der Waals surface area contributed by atoms with Gasteiger partial charge in [-0.05, 0) is 76.0 Å². The fraction of sp³-hybridized carbons (Fsp3) is 0.909. The van der Waals surface area contributed by atoms with E-state index in [4.69, 9.17) is 4.74 Å². The molecule has 0 aliphatic heterocycles. The van der Waals surface area contributed by atoms with Gasteiger partial charge in [-0.2, -0.15) is 0 Å². The molecule has 5 aliphatic rings. The highest BCUT2D eigenvalue weighted by Crippen LogP contribution is 2.60. The molecule has 1 amide bonds. The molecule has 5 rings (SSSR count). The lowest BCUT2D eigenvalue weighted by Gasteiger charge is -2.57. The number of amides is 1. The number of ether oxygens (including phenoxy) is 1. The SMILES string of the molecule is CCOC(=O)CCN(C(=O)C12CC3CC(CC(C3)C1)C2)C1CCCCC1. The van der Waals surface area contributed by atoms with Gasteiger partial charge >= 0.3 is 5.97 Å². The maximum absolute atomic E-state index is 13.8. The molecule has 0 unspecified atom stereocenters. The molecule has 5 fully saturated rings. The van der Waals surface area contributed by atoms with Crippen molar-refractivity contribution >= 4 is 11.9 Å². The smallest absolute Gasteiger partial charge is 0.307 e. The van der Waals surface area contributed by atoms with Crippen molar-refractivity contribution < 1.29 is 14.3 Å². The summed E-state index contributed by atoms with van der Waals surface area (Å²) in [6, 6.07) is 0.346. The highest BCUT2D eigenvalue weighted by atomic mass is 16.5. The Morgan fingerprint density at radius 2 is 1.54 bits per heavy atom. The van der Waals surface area contributed by atoms with Crippen LogP contribution in [0.25, 0.3) is 0 Å². The van der Waals surface area contributed by atoms with Crippen LogP contribution >= 0.6 is 0 Å². The van der Waals surface area contributed by atoms with Gasteiger partial charge in [0.05, 0.1) is 18.4 Å². The molecule has 0 saturated heterocycles. The van der Waals surface area contributed by atoms with E-state index in [2.05, 4.69) is 4.90 Å². The Morgan fingerprint density at radius 1 is 0.962 bits per heavy atom. The van der Waals surface area contributed by atoms with Crippen LogP contribution in [0.1, 0.15) is 84.0 Å². The second kappa shape index (κ2) is 7.52. The minimum absolute atomic E-state index is 0.0964. The van der Waals surface area contributed by atoms with Crippen molar-refractivity contribution in [2.75, 3.05) is 13.2 Å². The first-order valence-electron chi connectivity index (χ1n) is 11.1. The molecule has 0 radical (unpaired) electrons. The number of nitrogens with zero attached hydrogens (tertiary/aromatic N) is 1. The highest BCUT2D eigenvalue weighted by Gasteiger charge is 2.56. The molecule has 26 heavy (non-hydrogen) atoms. The molecule has 4 nitrogen and oxygen atoms in total. The zero-order chi connectivity index (χ0) is 18.1. The van der Waals surface area contributed by atoms with Crippen LogP contribution in [0, 0.1) is 23.2 Å². The van der Waals surface area contributed by atoms with Gasteiger partial charge in [-0.1, -0.05) is 19.3 Å². The van der Waals surface area contributed by atoms with Gasteiger partial charge in [-0.3, -0.25) is 9.59 Å². The predicted molar refractivity (Wildman–Crippen MR) is 100 cm³/mol. The Hall–Kier alpha value is -1.06. The monoisotopic (exact) mass is 361 g/mol. The van der Waals surface area contributed by atoms with Crippen LogP contribution in [0.2, 0.25) is 0 Å². The maximum Gasteiger partial charge on any atom is 0.307 e. The first-order valence-corrected chi connectivity index (χ1v) is 11.1. The number of carbonyl (C=O) groups excluding carboxylic acids is 2. The highest BCUT2D eigenvalue weighted by molar-refractivity contribution is 5.84. The molecule has 0 aromatic heterocycles. The zero-order valence-corrected chi connectivity index (χ0v) is 16.4. The summed E-state index contributed by atoms with van der Waals surface area (Å²) in [5.74, 6) is 2.58. The van der Waals surface area contributed by atoms with Gasteiger partial charge in [-0.15, -0.1) is 0 Å². The van der Waals surface area contributed by atoms with Crippen LogP contribution in [0.5, 0.6) is 0 Å². The van der Waals surface area contributed by atoms with Crippen LogP contribution in [0.15, 0.2) is 0 Å². The topological polar surface area (TPSA) is 46.6 Å². The standard InChI is InChI=1S/C22H35NO3/c1-2-26-20(24)8-9-23(19-6-4-3-5-7-19)21(25)22-13-16-10-17(14-22)12-18(11-16)15-22/h16-19H,2-15H2,1H3. The predicted octanol–water partition coefficient (Wildman–Crippen LogP) is 4.32. The summed E-state index contributed by atoms with van der Waals surface area (Å²) >= 11 is 0. The second-order valence-electron chi connectivity index (χ2n) is 9.54. The summed E-state index contributed by atoms with van der Waals surface area (Å²) in [4.78, 5) is 27.9. The van der Waals surface area contributed by atoms with Crippen LogP contribution in [0.3, 0.4) is 0 Å². The third-order valence-electron chi connectivity index (χ3n) is 7.63. The summed E-state index contributed by atoms with van der Waals surface area (Å²) in [5.41, 5.74) is -0.0964. The Morgan fingerprint density at radius 3 is 2.08 bits per heavy atom. The van der Waals surface area contributed by atoms with Crippen LogP contribution in [-0.4, -0.2) is 36.0 Å². The summed E-state index contributed by atoms with van der Waals surface area (Å²) in [5, 5.41) is 0. The van der Waals surface area contributed by atoms with Gasteiger partial charge in [-0.25, -0.2) is 0 Å². The van der Waals surface area contributed by atoms with Gasteiger partial charge in [0.1, 0.15) is 0 Å². The maximum atomic E-state index is 13.8. The summed E-state index contributed by atoms with van der Waals surface area (Å²) < 4.78 is 5.13. The van der Waals surface area contributed by atoms with E-state index in [1.165, 1.54) is 38.5 Å². The average Bonchev–Trinajstić information content (AvgIpc) is 2.62. The number of rotatable bonds is 6. The van der Waals surface area contributed by atoms with Gasteiger partial charge in [0.15, 0.2) is 0 Å². The third kappa shape index (κ3) is 3.53. The first kappa shape index (κ1) is 18.3.